The average molecular weight is 704 g/mol. The Labute approximate surface area is 265 Å². The Morgan fingerprint density at radius 3 is 1.10 bits per heavy atom. The van der Waals surface area contributed by atoms with Crippen molar-refractivity contribution in [2.45, 2.75) is 19.8 Å². The van der Waals surface area contributed by atoms with Crippen LogP contribution in [0.25, 0.3) is 0 Å². The maximum atomic E-state index is 13.9. The Balaban J connectivity index is 0. The van der Waals surface area contributed by atoms with Crippen LogP contribution in [-0.2, 0) is 0 Å². The molecule has 14 heteroatoms. The molecule has 0 saturated carbocycles. The van der Waals surface area contributed by atoms with Crippen LogP contribution in [0.2, 0.25) is 0 Å². The van der Waals surface area contributed by atoms with Crippen LogP contribution in [0.15, 0.2) is 59.1 Å². The summed E-state index contributed by atoms with van der Waals surface area (Å²) in [6, 6.07) is 10.4. The molecule has 3 aromatic rings. The molecule has 0 atom stereocenters. The molecule has 0 heterocycles. The third kappa shape index (κ3) is 14.7. The van der Waals surface area contributed by atoms with Crippen molar-refractivity contribution >= 4 is 63.9 Å². The van der Waals surface area contributed by atoms with Crippen LogP contribution in [-0.4, -0.2) is 37.5 Å². The Kier molecular flexibility index (Phi) is 23.3. The molecule has 0 saturated heterocycles. The quantitative estimate of drug-likeness (QED) is 0.0954. The van der Waals surface area contributed by atoms with Crippen LogP contribution in [0.4, 0.5) is 26.3 Å². The van der Waals surface area contributed by atoms with E-state index >= 15 is 0 Å². The van der Waals surface area contributed by atoms with Gasteiger partial charge in [-0.1, -0.05) is 54.0 Å². The maximum Gasteiger partial charge on any atom is 1.00 e. The summed E-state index contributed by atoms with van der Waals surface area (Å²) in [7, 11) is 4.78. The second-order valence-corrected chi connectivity index (χ2v) is 14.5. The van der Waals surface area contributed by atoms with E-state index in [2.05, 4.69) is 29.8 Å². The predicted octanol–water partition coefficient (Wildman–Crippen LogP) is 6.76. The van der Waals surface area contributed by atoms with Crippen molar-refractivity contribution in [3.63, 3.8) is 0 Å². The standard InChI is InChI=1S/C14H12F4NP.C6H3BrF2.C4H9.C2H6Cl2NP.Li/c1-19(2)20(13-9(15)5-3-6-10(13)16)14-11(17)7-4-8-12(14)18;7-6-4(8)2-1-3-5(6)9;1-3-4-2;1-5(2)6(3)4;/h3-8H,1-2H3;1-3H;1,3-4H2,2H3;1-2H3;/q;;-1;;+1. The van der Waals surface area contributed by atoms with E-state index in [4.69, 9.17) is 22.5 Å². The van der Waals surface area contributed by atoms with Gasteiger partial charge in [-0.3, -0.25) is 9.34 Å². The number of hydrogen-bond donors (Lipinski definition) is 0. The van der Waals surface area contributed by atoms with Crippen LogP contribution in [0.1, 0.15) is 19.8 Å². The first kappa shape index (κ1) is 41.8. The molecule has 0 aromatic heterocycles. The first-order valence-electron chi connectivity index (χ1n) is 11.2. The van der Waals surface area contributed by atoms with Crippen LogP contribution < -0.4 is 29.5 Å². The van der Waals surface area contributed by atoms with Gasteiger partial charge in [0.15, 0.2) is 6.78 Å². The van der Waals surface area contributed by atoms with Gasteiger partial charge in [0.05, 0.1) is 15.1 Å². The van der Waals surface area contributed by atoms with Crippen LogP contribution in [0.3, 0.4) is 0 Å². The predicted molar refractivity (Wildman–Crippen MR) is 159 cm³/mol. The summed E-state index contributed by atoms with van der Waals surface area (Å²) in [6.07, 6.45) is 2.28. The minimum absolute atomic E-state index is 0. The number of nitrogens with zero attached hydrogens (tertiary/aromatic N) is 2. The van der Waals surface area contributed by atoms with Gasteiger partial charge < -0.3 is 6.92 Å². The summed E-state index contributed by atoms with van der Waals surface area (Å²) in [5.41, 5.74) is 0. The van der Waals surface area contributed by atoms with E-state index in [0.717, 1.165) is 30.7 Å². The molecule has 0 radical (unpaired) electrons. The molecule has 2 nitrogen and oxygen atoms in total. The van der Waals surface area contributed by atoms with Gasteiger partial charge >= 0.3 is 18.9 Å². The van der Waals surface area contributed by atoms with E-state index < -0.39 is 49.8 Å². The van der Waals surface area contributed by atoms with Crippen molar-refractivity contribution in [2.24, 2.45) is 0 Å². The Morgan fingerprint density at radius 2 is 0.925 bits per heavy atom. The first-order chi connectivity index (χ1) is 18.2. The summed E-state index contributed by atoms with van der Waals surface area (Å²) in [4.78, 5) is 0. The molecule has 0 fully saturated rings. The molecule has 0 aliphatic rings. The third-order valence-corrected chi connectivity index (χ3v) is 9.94. The van der Waals surface area contributed by atoms with E-state index in [9.17, 15) is 26.3 Å². The van der Waals surface area contributed by atoms with Crippen molar-refractivity contribution in [2.75, 3.05) is 28.2 Å². The zero-order valence-corrected chi connectivity index (χ0v) is 27.9. The summed E-state index contributed by atoms with van der Waals surface area (Å²) in [6.45, 7) is 4.84. The fraction of sp³-hybridized carbons (Fsp3) is 0.269. The smallest absolute Gasteiger partial charge is 0.343 e. The summed E-state index contributed by atoms with van der Waals surface area (Å²) in [5.74, 6) is -4.40. The van der Waals surface area contributed by atoms with Gasteiger partial charge in [-0.05, 0) is 80.5 Å². The molecule has 3 rings (SSSR count). The van der Waals surface area contributed by atoms with E-state index in [-0.39, 0.29) is 33.9 Å². The van der Waals surface area contributed by atoms with Gasteiger partial charge in [-0.2, -0.15) is 6.42 Å². The number of unbranched alkanes of at least 4 members (excludes halogenated alkanes) is 1. The van der Waals surface area contributed by atoms with Crippen molar-refractivity contribution < 1.29 is 45.2 Å². The van der Waals surface area contributed by atoms with Crippen LogP contribution in [0.5, 0.6) is 0 Å². The van der Waals surface area contributed by atoms with E-state index in [0.29, 0.717) is 0 Å². The molecule has 0 spiro atoms. The van der Waals surface area contributed by atoms with Gasteiger partial charge in [-0.25, -0.2) is 26.3 Å². The summed E-state index contributed by atoms with van der Waals surface area (Å²) in [5, 5.41) is -0.618. The molecule has 3 aromatic carbocycles. The molecular formula is C26H30BrCl2F6LiN2P2. The Hall–Kier alpha value is -0.323. The van der Waals surface area contributed by atoms with Crippen molar-refractivity contribution in [3.8, 4) is 0 Å². The van der Waals surface area contributed by atoms with Gasteiger partial charge in [0, 0.05) is 8.07 Å². The first-order valence-corrected chi connectivity index (χ1v) is 16.4. The minimum Gasteiger partial charge on any atom is -0.343 e. The zero-order chi connectivity index (χ0) is 30.3. The molecule has 40 heavy (non-hydrogen) atoms. The normalized spacial score (nSPS) is 10.3. The zero-order valence-electron chi connectivity index (χ0n) is 23.0. The van der Waals surface area contributed by atoms with E-state index in [1.165, 1.54) is 55.5 Å². The largest absolute Gasteiger partial charge is 1.00 e. The van der Waals surface area contributed by atoms with E-state index in [1.807, 2.05) is 14.1 Å². The minimum atomic E-state index is -1.96. The van der Waals surface area contributed by atoms with Crippen LogP contribution >= 0.6 is 53.3 Å². The fourth-order valence-electron chi connectivity index (χ4n) is 2.37. The van der Waals surface area contributed by atoms with Crippen molar-refractivity contribution in [1.29, 1.82) is 0 Å². The number of hydrogen-bond acceptors (Lipinski definition) is 2. The maximum absolute atomic E-state index is 13.9. The Bertz CT molecular complexity index is 1030. The molecule has 218 valence electrons. The average Bonchev–Trinajstić information content (AvgIpc) is 2.86. The molecule has 0 aliphatic carbocycles. The second-order valence-electron chi connectivity index (χ2n) is 7.75. The van der Waals surface area contributed by atoms with Crippen molar-refractivity contribution in [1.82, 2.24) is 9.34 Å². The second kappa shape index (κ2) is 22.2. The molecule has 0 bridgehead atoms. The van der Waals surface area contributed by atoms with Gasteiger partial charge in [0.2, 0.25) is 0 Å². The monoisotopic (exact) mass is 702 g/mol. The topological polar surface area (TPSA) is 6.48 Å². The molecule has 0 unspecified atom stereocenters. The van der Waals surface area contributed by atoms with Gasteiger partial charge in [0.25, 0.3) is 0 Å². The number of benzene rings is 3. The number of rotatable bonds is 5. The fourth-order valence-corrected chi connectivity index (χ4v) is 4.77. The van der Waals surface area contributed by atoms with Gasteiger partial charge in [0.1, 0.15) is 34.9 Å². The molecule has 0 aliphatic heterocycles. The SMILES string of the molecule is CN(C)P(Cl)Cl.CN(C)P(c1c(F)cccc1F)c1c(F)cccc1F.Fc1cccc(F)c1Br.[CH2-]CCC.[Li+]. The molecular weight excluding hydrogens is 674 g/mol. The third-order valence-electron chi connectivity index (χ3n) is 4.26. The van der Waals surface area contributed by atoms with Crippen LogP contribution in [0, 0.1) is 41.8 Å². The van der Waals surface area contributed by atoms with Gasteiger partial charge in [-0.15, -0.1) is 0 Å². The Morgan fingerprint density at radius 1 is 0.675 bits per heavy atom. The summed E-state index contributed by atoms with van der Waals surface area (Å²) >= 11 is 13.5. The molecule has 0 N–H and O–H groups in total. The molecule has 0 amide bonds. The number of halogens is 9. The van der Waals surface area contributed by atoms with E-state index in [1.54, 1.807) is 4.67 Å². The summed E-state index contributed by atoms with van der Waals surface area (Å²) < 4.78 is 83.3. The van der Waals surface area contributed by atoms with Crippen molar-refractivity contribution in [3.05, 3.63) is 101 Å².